The highest BCUT2D eigenvalue weighted by atomic mass is 16.3. The molecule has 0 radical (unpaired) electrons. The molecule has 92 valence electrons. The van der Waals surface area contributed by atoms with Gasteiger partial charge in [-0.25, -0.2) is 4.98 Å². The first kappa shape index (κ1) is 11.9. The van der Waals surface area contributed by atoms with Crippen molar-refractivity contribution in [2.75, 3.05) is 11.9 Å². The number of aliphatic hydroxyl groups is 1. The molecular weight excluding hydrogens is 214 g/mol. The fourth-order valence-corrected chi connectivity index (χ4v) is 1.86. The van der Waals surface area contributed by atoms with E-state index in [-0.39, 0.29) is 6.10 Å². The van der Waals surface area contributed by atoms with Crippen LogP contribution in [0.25, 0.3) is 11.0 Å². The van der Waals surface area contributed by atoms with Crippen LogP contribution in [0.4, 0.5) is 5.95 Å². The van der Waals surface area contributed by atoms with E-state index < -0.39 is 0 Å². The van der Waals surface area contributed by atoms with E-state index in [0.717, 1.165) is 36.4 Å². The molecule has 0 saturated carbocycles. The molecule has 0 aliphatic heterocycles. The lowest BCUT2D eigenvalue weighted by atomic mass is 10.2. The number of imidazole rings is 1. The van der Waals surface area contributed by atoms with Crippen molar-refractivity contribution in [3.63, 3.8) is 0 Å². The standard InChI is InChI=1S/C13H19N3O/c1-3-10(17)8-9-14-13-15-11-6-4-5-7-12(11)16(13)2/h4-7,10,17H,3,8-9H2,1-2H3,(H,14,15). The summed E-state index contributed by atoms with van der Waals surface area (Å²) in [5.74, 6) is 0.856. The largest absolute Gasteiger partial charge is 0.393 e. The highest BCUT2D eigenvalue weighted by molar-refractivity contribution is 5.78. The van der Waals surface area contributed by atoms with Gasteiger partial charge in [0.1, 0.15) is 0 Å². The fraction of sp³-hybridized carbons (Fsp3) is 0.462. The van der Waals surface area contributed by atoms with Crippen LogP contribution in [0.1, 0.15) is 19.8 Å². The van der Waals surface area contributed by atoms with Crippen molar-refractivity contribution in [3.8, 4) is 0 Å². The van der Waals surface area contributed by atoms with E-state index in [0.29, 0.717) is 0 Å². The Morgan fingerprint density at radius 3 is 2.88 bits per heavy atom. The van der Waals surface area contributed by atoms with Crippen LogP contribution in [-0.4, -0.2) is 27.3 Å². The minimum atomic E-state index is -0.225. The van der Waals surface area contributed by atoms with Gasteiger partial charge in [-0.15, -0.1) is 0 Å². The van der Waals surface area contributed by atoms with Crippen molar-refractivity contribution in [2.45, 2.75) is 25.9 Å². The van der Waals surface area contributed by atoms with E-state index in [2.05, 4.69) is 16.4 Å². The second-order valence-corrected chi connectivity index (χ2v) is 4.26. The lowest BCUT2D eigenvalue weighted by Gasteiger charge is -2.09. The van der Waals surface area contributed by atoms with Gasteiger partial charge in [0.15, 0.2) is 0 Å². The molecule has 0 fully saturated rings. The lowest BCUT2D eigenvalue weighted by molar-refractivity contribution is 0.164. The van der Waals surface area contributed by atoms with Gasteiger partial charge in [0.05, 0.1) is 17.1 Å². The maximum atomic E-state index is 9.48. The Labute approximate surface area is 101 Å². The number of anilines is 1. The number of nitrogens with one attached hydrogen (secondary N) is 1. The average molecular weight is 233 g/mol. The number of aliphatic hydroxyl groups excluding tert-OH is 1. The predicted molar refractivity (Wildman–Crippen MR) is 70.1 cm³/mol. The topological polar surface area (TPSA) is 50.1 Å². The third-order valence-electron chi connectivity index (χ3n) is 3.02. The highest BCUT2D eigenvalue weighted by Crippen LogP contribution is 2.17. The van der Waals surface area contributed by atoms with Gasteiger partial charge in [-0.1, -0.05) is 19.1 Å². The quantitative estimate of drug-likeness (QED) is 0.832. The van der Waals surface area contributed by atoms with Crippen LogP contribution in [0.3, 0.4) is 0 Å². The summed E-state index contributed by atoms with van der Waals surface area (Å²) in [5, 5.41) is 12.7. The molecule has 0 spiro atoms. The molecule has 1 aromatic heterocycles. The monoisotopic (exact) mass is 233 g/mol. The van der Waals surface area contributed by atoms with Gasteiger partial charge in [0.2, 0.25) is 5.95 Å². The molecular formula is C13H19N3O. The normalized spacial score (nSPS) is 12.9. The van der Waals surface area contributed by atoms with Crippen LogP contribution in [0.5, 0.6) is 0 Å². The van der Waals surface area contributed by atoms with Crippen LogP contribution in [0.2, 0.25) is 0 Å². The number of nitrogens with zero attached hydrogens (tertiary/aromatic N) is 2. The zero-order valence-corrected chi connectivity index (χ0v) is 10.3. The number of rotatable bonds is 5. The van der Waals surface area contributed by atoms with E-state index in [1.54, 1.807) is 0 Å². The summed E-state index contributed by atoms with van der Waals surface area (Å²) in [7, 11) is 1.99. The predicted octanol–water partition coefficient (Wildman–Crippen LogP) is 2.15. The number of para-hydroxylation sites is 2. The molecule has 0 bridgehead atoms. The van der Waals surface area contributed by atoms with Crippen molar-refractivity contribution in [2.24, 2.45) is 7.05 Å². The maximum Gasteiger partial charge on any atom is 0.203 e. The molecule has 4 heteroatoms. The molecule has 0 aliphatic carbocycles. The summed E-state index contributed by atoms with van der Waals surface area (Å²) in [5.41, 5.74) is 2.11. The van der Waals surface area contributed by atoms with Crippen LogP contribution < -0.4 is 5.32 Å². The Morgan fingerprint density at radius 1 is 1.41 bits per heavy atom. The number of aromatic nitrogens is 2. The molecule has 0 aliphatic rings. The summed E-state index contributed by atoms with van der Waals surface area (Å²) in [6.45, 7) is 2.73. The Balaban J connectivity index is 2.06. The first-order valence-electron chi connectivity index (χ1n) is 6.05. The molecule has 1 aromatic carbocycles. The lowest BCUT2D eigenvalue weighted by Crippen LogP contribution is -2.14. The minimum absolute atomic E-state index is 0.225. The first-order valence-corrected chi connectivity index (χ1v) is 6.05. The van der Waals surface area contributed by atoms with E-state index in [1.807, 2.05) is 36.7 Å². The van der Waals surface area contributed by atoms with Crippen molar-refractivity contribution in [1.29, 1.82) is 0 Å². The molecule has 0 saturated heterocycles. The number of aryl methyl sites for hydroxylation is 1. The smallest absolute Gasteiger partial charge is 0.203 e. The van der Waals surface area contributed by atoms with Crippen molar-refractivity contribution < 1.29 is 5.11 Å². The Hall–Kier alpha value is -1.55. The maximum absolute atomic E-state index is 9.48. The summed E-state index contributed by atoms with van der Waals surface area (Å²) in [6.07, 6.45) is 1.32. The number of fused-ring (bicyclic) bond motifs is 1. The van der Waals surface area contributed by atoms with Crippen LogP contribution in [0, 0.1) is 0 Å². The molecule has 0 amide bonds. The van der Waals surface area contributed by atoms with Crippen LogP contribution >= 0.6 is 0 Å². The van der Waals surface area contributed by atoms with E-state index in [9.17, 15) is 5.11 Å². The summed E-state index contributed by atoms with van der Waals surface area (Å²) < 4.78 is 2.04. The second-order valence-electron chi connectivity index (χ2n) is 4.26. The van der Waals surface area contributed by atoms with Crippen molar-refractivity contribution >= 4 is 17.0 Å². The second kappa shape index (κ2) is 5.19. The molecule has 4 nitrogen and oxygen atoms in total. The Bertz CT molecular complexity index is 492. The van der Waals surface area contributed by atoms with Gasteiger partial charge in [0.25, 0.3) is 0 Å². The van der Waals surface area contributed by atoms with E-state index in [4.69, 9.17) is 0 Å². The van der Waals surface area contributed by atoms with Gasteiger partial charge in [-0.3, -0.25) is 0 Å². The molecule has 1 unspecified atom stereocenters. The first-order chi connectivity index (χ1) is 8.22. The molecule has 1 heterocycles. The molecule has 2 rings (SSSR count). The van der Waals surface area contributed by atoms with E-state index >= 15 is 0 Å². The Morgan fingerprint density at radius 2 is 2.18 bits per heavy atom. The van der Waals surface area contributed by atoms with Gasteiger partial charge in [0, 0.05) is 13.6 Å². The molecule has 17 heavy (non-hydrogen) atoms. The molecule has 2 N–H and O–H groups in total. The highest BCUT2D eigenvalue weighted by Gasteiger charge is 2.06. The third kappa shape index (κ3) is 2.58. The van der Waals surface area contributed by atoms with Gasteiger partial charge >= 0.3 is 0 Å². The third-order valence-corrected chi connectivity index (χ3v) is 3.02. The summed E-state index contributed by atoms with van der Waals surface area (Å²) in [6, 6.07) is 8.05. The van der Waals surface area contributed by atoms with Crippen LogP contribution in [0.15, 0.2) is 24.3 Å². The minimum Gasteiger partial charge on any atom is -0.393 e. The zero-order chi connectivity index (χ0) is 12.3. The number of hydrogen-bond donors (Lipinski definition) is 2. The van der Waals surface area contributed by atoms with Gasteiger partial charge in [-0.05, 0) is 25.0 Å². The number of benzene rings is 1. The molecule has 1 atom stereocenters. The summed E-state index contributed by atoms with van der Waals surface area (Å²) >= 11 is 0. The van der Waals surface area contributed by atoms with Crippen LogP contribution in [-0.2, 0) is 7.05 Å². The van der Waals surface area contributed by atoms with Crippen molar-refractivity contribution in [3.05, 3.63) is 24.3 Å². The zero-order valence-electron chi connectivity index (χ0n) is 10.3. The summed E-state index contributed by atoms with van der Waals surface area (Å²) in [4.78, 5) is 4.51. The van der Waals surface area contributed by atoms with Gasteiger partial charge in [-0.2, -0.15) is 0 Å². The van der Waals surface area contributed by atoms with Gasteiger partial charge < -0.3 is 15.0 Å². The Kier molecular flexibility index (Phi) is 3.64. The average Bonchev–Trinajstić information content (AvgIpc) is 2.67. The fourth-order valence-electron chi connectivity index (χ4n) is 1.86. The van der Waals surface area contributed by atoms with E-state index in [1.165, 1.54) is 0 Å². The molecule has 2 aromatic rings. The number of hydrogen-bond acceptors (Lipinski definition) is 3. The SMILES string of the molecule is CCC(O)CCNc1nc2ccccc2n1C. The van der Waals surface area contributed by atoms with Crippen molar-refractivity contribution in [1.82, 2.24) is 9.55 Å².